The summed E-state index contributed by atoms with van der Waals surface area (Å²) in [4.78, 5) is 28.6. The van der Waals surface area contributed by atoms with Crippen molar-refractivity contribution in [1.29, 1.82) is 0 Å². The van der Waals surface area contributed by atoms with E-state index in [-0.39, 0.29) is 36.9 Å². The van der Waals surface area contributed by atoms with Crippen LogP contribution >= 0.6 is 0 Å². The molecule has 5 rings (SSSR count). The number of aliphatic hydroxyl groups excluding tert-OH is 2. The van der Waals surface area contributed by atoms with Gasteiger partial charge in [0.15, 0.2) is 0 Å². The van der Waals surface area contributed by atoms with E-state index in [1.165, 1.54) is 4.90 Å². The van der Waals surface area contributed by atoms with Gasteiger partial charge in [0.2, 0.25) is 11.8 Å². The molecule has 3 heterocycles. The average Bonchev–Trinajstić information content (AvgIpc) is 3.12. The summed E-state index contributed by atoms with van der Waals surface area (Å²) in [6, 6.07) is -0.340. The van der Waals surface area contributed by atoms with Gasteiger partial charge in [0.1, 0.15) is 12.1 Å². The molecule has 2 aromatic heterocycles. The minimum atomic E-state index is -0.796. The molecule has 2 aliphatic carbocycles. The van der Waals surface area contributed by atoms with E-state index in [2.05, 4.69) is 20.7 Å². The highest BCUT2D eigenvalue weighted by atomic mass is 16.3. The molecule has 3 aliphatic rings. The van der Waals surface area contributed by atoms with Crippen LogP contribution in [0.2, 0.25) is 0 Å². The van der Waals surface area contributed by atoms with Crippen LogP contribution in [-0.2, 0) is 9.59 Å². The molecule has 0 aromatic carbocycles. The Bertz CT molecular complexity index is 1040. The van der Waals surface area contributed by atoms with Crippen molar-refractivity contribution in [3.8, 4) is 0 Å². The Hall–Kier alpha value is -2.79. The van der Waals surface area contributed by atoms with Crippen LogP contribution in [0.15, 0.2) is 24.7 Å². The Morgan fingerprint density at radius 3 is 2.59 bits per heavy atom. The highest BCUT2D eigenvalue weighted by molar-refractivity contribution is 5.90. The van der Waals surface area contributed by atoms with Gasteiger partial charge in [0.05, 0.1) is 30.0 Å². The van der Waals surface area contributed by atoms with Gasteiger partial charge in [-0.05, 0) is 30.7 Å². The van der Waals surface area contributed by atoms with Crippen LogP contribution in [0.4, 0.5) is 0 Å². The number of aromatic nitrogens is 5. The number of hydrogen-bond acceptors (Lipinski definition) is 7. The quantitative estimate of drug-likeness (QED) is 0.554. The molecule has 2 saturated carbocycles. The summed E-state index contributed by atoms with van der Waals surface area (Å²) < 4.78 is 3.26. The highest BCUT2D eigenvalue weighted by Crippen LogP contribution is 2.40. The Labute approximate surface area is 198 Å². The molecule has 5 unspecified atom stereocenters. The maximum atomic E-state index is 13.8. The van der Waals surface area contributed by atoms with Gasteiger partial charge >= 0.3 is 0 Å². The normalized spacial score (nSPS) is 30.1. The molecule has 3 N–H and O–H groups in total. The standard InChI is InChI=1S/C23H33N7O4/c1-23(2,3)20(30-12-16(26-27-30)13-5-6-13)22(34)28-11-14(31)9-17(28)21(33)25-15-10-18(32)19(15)29-8-4-7-24-29/h4,7-8,12-15,17-20,31-32H,5-6,9-11H2,1-3H3,(H,25,33)/t14?,15?,17?,18?,19?,20-/m0/s1. The van der Waals surface area contributed by atoms with E-state index in [0.29, 0.717) is 12.3 Å². The summed E-state index contributed by atoms with van der Waals surface area (Å²) in [5.41, 5.74) is 0.412. The van der Waals surface area contributed by atoms with E-state index in [1.54, 1.807) is 27.8 Å². The lowest BCUT2D eigenvalue weighted by Crippen LogP contribution is -2.59. The van der Waals surface area contributed by atoms with E-state index >= 15 is 0 Å². The van der Waals surface area contributed by atoms with E-state index in [4.69, 9.17) is 0 Å². The van der Waals surface area contributed by atoms with Crippen molar-refractivity contribution >= 4 is 11.8 Å². The zero-order valence-corrected chi connectivity index (χ0v) is 19.8. The first-order valence-corrected chi connectivity index (χ1v) is 12.0. The molecule has 34 heavy (non-hydrogen) atoms. The smallest absolute Gasteiger partial charge is 0.248 e. The summed E-state index contributed by atoms with van der Waals surface area (Å²) in [5.74, 6) is -0.172. The third-order valence-electron chi connectivity index (χ3n) is 7.17. The molecule has 2 amide bonds. The summed E-state index contributed by atoms with van der Waals surface area (Å²) >= 11 is 0. The Balaban J connectivity index is 1.33. The molecule has 0 radical (unpaired) electrons. The molecule has 6 atom stereocenters. The van der Waals surface area contributed by atoms with Gasteiger partial charge in [-0.25, -0.2) is 4.68 Å². The van der Waals surface area contributed by atoms with Crippen LogP contribution in [0.1, 0.15) is 70.2 Å². The van der Waals surface area contributed by atoms with Crippen molar-refractivity contribution in [2.45, 2.75) is 88.7 Å². The molecule has 11 heteroatoms. The molecule has 2 aromatic rings. The number of amides is 2. The molecule has 0 bridgehead atoms. The Kier molecular flexibility index (Phi) is 5.71. The van der Waals surface area contributed by atoms with Crippen molar-refractivity contribution in [1.82, 2.24) is 35.0 Å². The highest BCUT2D eigenvalue weighted by Gasteiger charge is 2.48. The fourth-order valence-corrected chi connectivity index (χ4v) is 5.18. The molecule has 1 saturated heterocycles. The van der Waals surface area contributed by atoms with Crippen molar-refractivity contribution in [3.05, 3.63) is 30.4 Å². The largest absolute Gasteiger partial charge is 0.391 e. The topological polar surface area (TPSA) is 138 Å². The molecule has 11 nitrogen and oxygen atoms in total. The zero-order chi connectivity index (χ0) is 24.2. The number of likely N-dealkylation sites (tertiary alicyclic amines) is 1. The second-order valence-electron chi connectivity index (χ2n) is 11.0. The third kappa shape index (κ3) is 4.22. The van der Waals surface area contributed by atoms with Crippen molar-refractivity contribution in [3.63, 3.8) is 0 Å². The number of nitrogens with zero attached hydrogens (tertiary/aromatic N) is 6. The van der Waals surface area contributed by atoms with E-state index in [9.17, 15) is 19.8 Å². The van der Waals surface area contributed by atoms with Gasteiger partial charge in [-0.1, -0.05) is 26.0 Å². The predicted octanol–water partition coefficient (Wildman–Crippen LogP) is 0.392. The predicted molar refractivity (Wildman–Crippen MR) is 120 cm³/mol. The Morgan fingerprint density at radius 2 is 1.97 bits per heavy atom. The van der Waals surface area contributed by atoms with Gasteiger partial charge in [-0.2, -0.15) is 5.10 Å². The number of aliphatic hydroxyl groups is 2. The van der Waals surface area contributed by atoms with E-state index in [0.717, 1.165) is 18.5 Å². The lowest BCUT2D eigenvalue weighted by molar-refractivity contribution is -0.145. The maximum Gasteiger partial charge on any atom is 0.248 e. The van der Waals surface area contributed by atoms with Crippen molar-refractivity contribution in [2.24, 2.45) is 5.41 Å². The second-order valence-corrected chi connectivity index (χ2v) is 11.0. The fourth-order valence-electron chi connectivity index (χ4n) is 5.18. The van der Waals surface area contributed by atoms with Crippen molar-refractivity contribution < 1.29 is 19.8 Å². The van der Waals surface area contributed by atoms with Crippen LogP contribution < -0.4 is 5.32 Å². The zero-order valence-electron chi connectivity index (χ0n) is 19.8. The number of nitrogens with one attached hydrogen (secondary N) is 1. The first kappa shape index (κ1) is 23.0. The van der Waals surface area contributed by atoms with Crippen LogP contribution in [0.5, 0.6) is 0 Å². The second kappa shape index (κ2) is 8.46. The summed E-state index contributed by atoms with van der Waals surface area (Å²) in [7, 11) is 0. The number of rotatable bonds is 6. The number of β-amino-alcohol motifs (C(OH)–C–C–N with tert-alkyl or cyclic N) is 1. The number of carbonyl (C=O) groups is 2. The number of carbonyl (C=O) groups excluding carboxylic acids is 2. The monoisotopic (exact) mass is 471 g/mol. The Morgan fingerprint density at radius 1 is 1.21 bits per heavy atom. The van der Waals surface area contributed by atoms with Crippen LogP contribution in [0.3, 0.4) is 0 Å². The molecule has 0 spiro atoms. The molecular weight excluding hydrogens is 438 g/mol. The minimum Gasteiger partial charge on any atom is -0.391 e. The van der Waals surface area contributed by atoms with Gasteiger partial charge in [0.25, 0.3) is 0 Å². The maximum absolute atomic E-state index is 13.8. The minimum absolute atomic E-state index is 0.0869. The molecule has 184 valence electrons. The average molecular weight is 472 g/mol. The summed E-state index contributed by atoms with van der Waals surface area (Å²) in [5, 5.41) is 36.3. The number of hydrogen-bond donors (Lipinski definition) is 3. The molecule has 3 fully saturated rings. The lowest BCUT2D eigenvalue weighted by atomic mass is 9.82. The van der Waals surface area contributed by atoms with Gasteiger partial charge in [-0.15, -0.1) is 5.10 Å². The van der Waals surface area contributed by atoms with Crippen LogP contribution in [-0.4, -0.2) is 82.5 Å². The SMILES string of the molecule is CC(C)(C)[C@H](C(=O)N1CC(O)CC1C(=O)NC1CC(O)C1n1cccn1)n1cc(C2CC2)nn1. The summed E-state index contributed by atoms with van der Waals surface area (Å²) in [6.45, 7) is 5.96. The first-order valence-electron chi connectivity index (χ1n) is 12.0. The summed E-state index contributed by atoms with van der Waals surface area (Å²) in [6.07, 6.45) is 6.59. The van der Waals surface area contributed by atoms with Crippen LogP contribution in [0, 0.1) is 5.41 Å². The third-order valence-corrected chi connectivity index (χ3v) is 7.17. The van der Waals surface area contributed by atoms with Gasteiger partial charge in [0, 0.05) is 37.5 Å². The molecule has 1 aliphatic heterocycles. The lowest BCUT2D eigenvalue weighted by Gasteiger charge is -2.42. The van der Waals surface area contributed by atoms with Gasteiger partial charge < -0.3 is 20.4 Å². The van der Waals surface area contributed by atoms with Gasteiger partial charge in [-0.3, -0.25) is 14.3 Å². The van der Waals surface area contributed by atoms with Crippen LogP contribution in [0.25, 0.3) is 0 Å². The molecular formula is C23H33N7O4. The first-order chi connectivity index (χ1) is 16.1. The van der Waals surface area contributed by atoms with E-state index < -0.39 is 29.7 Å². The van der Waals surface area contributed by atoms with E-state index in [1.807, 2.05) is 27.0 Å². The fraction of sp³-hybridized carbons (Fsp3) is 0.696. The van der Waals surface area contributed by atoms with Crippen molar-refractivity contribution in [2.75, 3.05) is 6.54 Å².